The van der Waals surface area contributed by atoms with Crippen LogP contribution in [0.4, 0.5) is 0 Å². The van der Waals surface area contributed by atoms with Gasteiger partial charge in [-0.1, -0.05) is 44.5 Å². The lowest BCUT2D eigenvalue weighted by Gasteiger charge is -2.30. The normalized spacial score (nSPS) is 14.1. The number of aryl methyl sites for hydroxylation is 1. The molecule has 0 heterocycles. The molecule has 106 valence electrons. The maximum atomic E-state index is 12.3. The molecule has 0 saturated carbocycles. The quantitative estimate of drug-likeness (QED) is 0.842. The molecule has 1 rings (SSSR count). The molecule has 0 radical (unpaired) electrons. The molecule has 1 atom stereocenters. The van der Waals surface area contributed by atoms with Crippen molar-refractivity contribution in [3.63, 3.8) is 0 Å². The van der Waals surface area contributed by atoms with E-state index in [9.17, 15) is 8.42 Å². The van der Waals surface area contributed by atoms with Crippen LogP contribution in [0, 0.1) is 12.3 Å². The van der Waals surface area contributed by atoms with E-state index in [-0.39, 0.29) is 11.5 Å². The smallest absolute Gasteiger partial charge is 0.207 e. The summed E-state index contributed by atoms with van der Waals surface area (Å²) in [5, 5.41) is 0. The summed E-state index contributed by atoms with van der Waals surface area (Å²) in [7, 11) is -3.48. The fourth-order valence-corrected chi connectivity index (χ4v) is 3.17. The van der Waals surface area contributed by atoms with Gasteiger partial charge in [-0.2, -0.15) is 0 Å². The highest BCUT2D eigenvalue weighted by molar-refractivity contribution is 7.89. The summed E-state index contributed by atoms with van der Waals surface area (Å²) in [4.78, 5) is 0.302. The van der Waals surface area contributed by atoms with Crippen molar-refractivity contribution in [1.29, 1.82) is 0 Å². The Morgan fingerprint density at radius 2 is 1.79 bits per heavy atom. The topological polar surface area (TPSA) is 46.2 Å². The number of benzene rings is 1. The molecule has 3 nitrogen and oxygen atoms in total. The number of hydrogen-bond donors (Lipinski definition) is 1. The van der Waals surface area contributed by atoms with Gasteiger partial charge < -0.3 is 0 Å². The second-order valence-corrected chi connectivity index (χ2v) is 7.59. The van der Waals surface area contributed by atoms with Crippen molar-refractivity contribution in [3.8, 4) is 0 Å². The van der Waals surface area contributed by atoms with E-state index < -0.39 is 10.0 Å². The molecule has 19 heavy (non-hydrogen) atoms. The zero-order valence-corrected chi connectivity index (χ0v) is 12.9. The molecule has 0 bridgehead atoms. The van der Waals surface area contributed by atoms with Crippen molar-refractivity contribution in [2.45, 2.75) is 45.1 Å². The van der Waals surface area contributed by atoms with Gasteiger partial charge in [-0.25, -0.2) is 13.1 Å². The minimum atomic E-state index is -3.48. The highest BCUT2D eigenvalue weighted by atomic mass is 32.2. The summed E-state index contributed by atoms with van der Waals surface area (Å²) in [6, 6.07) is 6.69. The molecule has 0 spiro atoms. The highest BCUT2D eigenvalue weighted by Gasteiger charge is 2.28. The molecule has 1 aromatic rings. The molecule has 0 amide bonds. The van der Waals surface area contributed by atoms with Gasteiger partial charge in [0.15, 0.2) is 0 Å². The van der Waals surface area contributed by atoms with Crippen molar-refractivity contribution in [2.24, 2.45) is 5.41 Å². The Kier molecular flexibility index (Phi) is 4.93. The van der Waals surface area contributed by atoms with Crippen LogP contribution in [0.15, 0.2) is 41.8 Å². The zero-order valence-electron chi connectivity index (χ0n) is 12.1. The Labute approximate surface area is 116 Å². The highest BCUT2D eigenvalue weighted by Crippen LogP contribution is 2.24. The number of sulfonamides is 1. The van der Waals surface area contributed by atoms with Gasteiger partial charge in [-0.05, 0) is 30.9 Å². The fourth-order valence-electron chi connectivity index (χ4n) is 1.72. The van der Waals surface area contributed by atoms with Crippen LogP contribution in [0.3, 0.4) is 0 Å². The molecule has 0 saturated heterocycles. The van der Waals surface area contributed by atoms with E-state index in [0.29, 0.717) is 11.3 Å². The Hall–Kier alpha value is -1.13. The number of nitrogens with one attached hydrogen (secondary N) is 1. The van der Waals surface area contributed by atoms with Crippen LogP contribution < -0.4 is 4.72 Å². The third-order valence-electron chi connectivity index (χ3n) is 3.08. The first kappa shape index (κ1) is 15.9. The maximum absolute atomic E-state index is 12.3. The van der Waals surface area contributed by atoms with Crippen LogP contribution in [0.25, 0.3) is 0 Å². The van der Waals surface area contributed by atoms with Gasteiger partial charge in [0.05, 0.1) is 4.90 Å². The second kappa shape index (κ2) is 5.88. The van der Waals surface area contributed by atoms with Crippen LogP contribution in [0.2, 0.25) is 0 Å². The molecule has 0 fully saturated rings. The van der Waals surface area contributed by atoms with Crippen LogP contribution >= 0.6 is 0 Å². The van der Waals surface area contributed by atoms with Crippen molar-refractivity contribution in [2.75, 3.05) is 0 Å². The summed E-state index contributed by atoms with van der Waals surface area (Å²) in [6.45, 7) is 11.7. The summed E-state index contributed by atoms with van der Waals surface area (Å²) in [5.41, 5.74) is 0.879. The zero-order chi connectivity index (χ0) is 14.7. The van der Waals surface area contributed by atoms with Gasteiger partial charge in [-0.15, -0.1) is 6.58 Å². The monoisotopic (exact) mass is 281 g/mol. The van der Waals surface area contributed by atoms with Gasteiger partial charge in [0.25, 0.3) is 0 Å². The van der Waals surface area contributed by atoms with Crippen molar-refractivity contribution >= 4 is 10.0 Å². The molecule has 0 aliphatic rings. The SMILES string of the molecule is C=CCC(NS(=O)(=O)c1ccc(C)cc1)C(C)(C)C. The maximum Gasteiger partial charge on any atom is 0.240 e. The Morgan fingerprint density at radius 1 is 1.26 bits per heavy atom. The minimum absolute atomic E-state index is 0.161. The predicted molar refractivity (Wildman–Crippen MR) is 79.6 cm³/mol. The van der Waals surface area contributed by atoms with Gasteiger partial charge in [0.2, 0.25) is 10.0 Å². The molecule has 0 aliphatic carbocycles. The van der Waals surface area contributed by atoms with Crippen molar-refractivity contribution in [3.05, 3.63) is 42.5 Å². The molecular weight excluding hydrogens is 258 g/mol. The van der Waals surface area contributed by atoms with Crippen molar-refractivity contribution < 1.29 is 8.42 Å². The molecule has 1 unspecified atom stereocenters. The summed E-state index contributed by atoms with van der Waals surface area (Å²) >= 11 is 0. The standard InChI is InChI=1S/C15H23NO2S/c1-6-7-14(15(3,4)5)16-19(17,18)13-10-8-12(2)9-11-13/h6,8-11,14,16H,1,7H2,2-5H3. The first-order chi connectivity index (χ1) is 8.66. The summed E-state index contributed by atoms with van der Waals surface area (Å²) in [6.07, 6.45) is 2.35. The van der Waals surface area contributed by atoms with E-state index in [1.165, 1.54) is 0 Å². The van der Waals surface area contributed by atoms with E-state index in [1.54, 1.807) is 30.3 Å². The largest absolute Gasteiger partial charge is 0.240 e. The van der Waals surface area contributed by atoms with E-state index >= 15 is 0 Å². The van der Waals surface area contributed by atoms with Crippen LogP contribution in [0.5, 0.6) is 0 Å². The lowest BCUT2D eigenvalue weighted by atomic mass is 9.85. The first-order valence-electron chi connectivity index (χ1n) is 6.37. The van der Waals surface area contributed by atoms with Gasteiger partial charge in [0.1, 0.15) is 0 Å². The molecule has 1 N–H and O–H groups in total. The van der Waals surface area contributed by atoms with E-state index in [1.807, 2.05) is 27.7 Å². The lowest BCUT2D eigenvalue weighted by molar-refractivity contribution is 0.300. The predicted octanol–water partition coefficient (Wildman–Crippen LogP) is 3.26. The summed E-state index contributed by atoms with van der Waals surface area (Å²) in [5.74, 6) is 0. The molecule has 1 aromatic carbocycles. The minimum Gasteiger partial charge on any atom is -0.207 e. The molecule has 0 aliphatic heterocycles. The average molecular weight is 281 g/mol. The molecule has 0 aromatic heterocycles. The van der Waals surface area contributed by atoms with Gasteiger partial charge in [0, 0.05) is 6.04 Å². The number of hydrogen-bond acceptors (Lipinski definition) is 2. The second-order valence-electron chi connectivity index (χ2n) is 5.88. The van der Waals surface area contributed by atoms with Crippen LogP contribution in [-0.2, 0) is 10.0 Å². The Bertz CT molecular complexity index is 524. The van der Waals surface area contributed by atoms with Gasteiger partial charge >= 0.3 is 0 Å². The Morgan fingerprint density at radius 3 is 2.21 bits per heavy atom. The van der Waals surface area contributed by atoms with Gasteiger partial charge in [-0.3, -0.25) is 0 Å². The third kappa shape index (κ3) is 4.48. The lowest BCUT2D eigenvalue weighted by Crippen LogP contribution is -2.43. The van der Waals surface area contributed by atoms with E-state index in [2.05, 4.69) is 11.3 Å². The fraction of sp³-hybridized carbons (Fsp3) is 0.467. The molecular formula is C15H23NO2S. The van der Waals surface area contributed by atoms with E-state index in [0.717, 1.165) is 5.56 Å². The van der Waals surface area contributed by atoms with Crippen molar-refractivity contribution in [1.82, 2.24) is 4.72 Å². The summed E-state index contributed by atoms with van der Waals surface area (Å²) < 4.78 is 27.4. The van der Waals surface area contributed by atoms with Crippen LogP contribution in [-0.4, -0.2) is 14.5 Å². The third-order valence-corrected chi connectivity index (χ3v) is 4.56. The first-order valence-corrected chi connectivity index (χ1v) is 7.85. The average Bonchev–Trinajstić information content (AvgIpc) is 2.27. The number of rotatable bonds is 5. The Balaban J connectivity index is 3.00. The molecule has 4 heteroatoms. The van der Waals surface area contributed by atoms with Crippen LogP contribution in [0.1, 0.15) is 32.8 Å². The van der Waals surface area contributed by atoms with E-state index in [4.69, 9.17) is 0 Å².